The van der Waals surface area contributed by atoms with Gasteiger partial charge in [-0.15, -0.1) is 0 Å². The van der Waals surface area contributed by atoms with E-state index in [1.807, 2.05) is 0 Å². The van der Waals surface area contributed by atoms with E-state index in [1.54, 1.807) is 19.1 Å². The number of carbonyl (C=O) groups excluding carboxylic acids is 1. The Hall–Kier alpha value is -1.54. The number of carbonyl (C=O) groups is 1. The fourth-order valence-electron chi connectivity index (χ4n) is 2.03. The molecule has 0 aliphatic heterocycles. The number of hydrogen-bond donors (Lipinski definition) is 3. The van der Waals surface area contributed by atoms with Crippen molar-refractivity contribution < 1.29 is 14.6 Å². The minimum Gasteiger partial charge on any atom is -0.506 e. The van der Waals surface area contributed by atoms with Crippen molar-refractivity contribution in [2.75, 3.05) is 12.4 Å². The van der Waals surface area contributed by atoms with E-state index in [-0.39, 0.29) is 26.5 Å². The third-order valence-corrected chi connectivity index (χ3v) is 4.57. The molecule has 2 rings (SSSR count). The number of amides is 1. The number of hydrogen-bond acceptors (Lipinski definition) is 4. The Morgan fingerprint density at radius 3 is 2.36 bits per heavy atom. The lowest BCUT2D eigenvalue weighted by Gasteiger charge is -2.13. The van der Waals surface area contributed by atoms with Crippen LogP contribution in [-0.4, -0.2) is 23.2 Å². The molecule has 9 heteroatoms. The van der Waals surface area contributed by atoms with Gasteiger partial charge in [-0.05, 0) is 64.9 Å². The number of thiocarbonyl (C=S) groups is 1. The van der Waals surface area contributed by atoms with E-state index in [4.69, 9.17) is 40.2 Å². The van der Waals surface area contributed by atoms with Gasteiger partial charge >= 0.3 is 0 Å². The Morgan fingerprint density at radius 1 is 1.24 bits per heavy atom. The van der Waals surface area contributed by atoms with E-state index >= 15 is 0 Å². The minimum absolute atomic E-state index is 0.0880. The fourth-order valence-corrected chi connectivity index (χ4v) is 3.44. The van der Waals surface area contributed by atoms with Crippen LogP contribution in [0.5, 0.6) is 11.5 Å². The highest BCUT2D eigenvalue weighted by atomic mass is 79.9. The Bertz CT molecular complexity index is 815. The summed E-state index contributed by atoms with van der Waals surface area (Å²) in [5, 5.41) is 15.7. The van der Waals surface area contributed by atoms with E-state index in [2.05, 4.69) is 26.6 Å². The molecule has 0 saturated heterocycles. The predicted octanol–water partition coefficient (Wildman–Crippen LogP) is 4.91. The van der Waals surface area contributed by atoms with Crippen LogP contribution >= 0.6 is 51.3 Å². The average Bonchev–Trinajstić information content (AvgIpc) is 2.52. The quantitative estimate of drug-likeness (QED) is 0.445. The highest BCUT2D eigenvalue weighted by molar-refractivity contribution is 9.10. The van der Waals surface area contributed by atoms with Crippen LogP contribution in [0.2, 0.25) is 10.0 Å². The molecule has 0 heterocycles. The van der Waals surface area contributed by atoms with E-state index < -0.39 is 5.91 Å². The van der Waals surface area contributed by atoms with Gasteiger partial charge in [0.2, 0.25) is 0 Å². The van der Waals surface area contributed by atoms with Gasteiger partial charge in [0.1, 0.15) is 5.75 Å². The van der Waals surface area contributed by atoms with Gasteiger partial charge in [0, 0.05) is 11.3 Å². The topological polar surface area (TPSA) is 70.6 Å². The molecule has 0 aromatic heterocycles. The lowest BCUT2D eigenvalue weighted by Crippen LogP contribution is -2.34. The van der Waals surface area contributed by atoms with Crippen LogP contribution in [0.4, 0.5) is 5.69 Å². The first-order valence-corrected chi connectivity index (χ1v) is 8.83. The number of aryl methyl sites for hydroxylation is 1. The summed E-state index contributed by atoms with van der Waals surface area (Å²) in [4.78, 5) is 12.3. The molecule has 0 atom stereocenters. The molecule has 0 aliphatic rings. The number of benzene rings is 2. The van der Waals surface area contributed by atoms with E-state index in [1.165, 1.54) is 19.2 Å². The highest BCUT2D eigenvalue weighted by Gasteiger charge is 2.15. The highest BCUT2D eigenvalue weighted by Crippen LogP contribution is 2.34. The number of ether oxygens (including phenoxy) is 1. The summed E-state index contributed by atoms with van der Waals surface area (Å²) in [6.07, 6.45) is 0. The Kier molecular flexibility index (Phi) is 6.51. The van der Waals surface area contributed by atoms with E-state index in [0.717, 1.165) is 0 Å². The fraction of sp³-hybridized carbons (Fsp3) is 0.125. The minimum atomic E-state index is -0.474. The van der Waals surface area contributed by atoms with Gasteiger partial charge < -0.3 is 15.2 Å². The number of phenols is 1. The molecule has 25 heavy (non-hydrogen) atoms. The van der Waals surface area contributed by atoms with E-state index in [9.17, 15) is 9.90 Å². The van der Waals surface area contributed by atoms with Crippen LogP contribution in [0.3, 0.4) is 0 Å². The predicted molar refractivity (Wildman–Crippen MR) is 107 cm³/mol. The molecule has 132 valence electrons. The van der Waals surface area contributed by atoms with Crippen molar-refractivity contribution >= 4 is 68.1 Å². The Balaban J connectivity index is 2.12. The molecule has 5 nitrogen and oxygen atoms in total. The lowest BCUT2D eigenvalue weighted by molar-refractivity contribution is 0.0977. The normalized spacial score (nSPS) is 10.3. The van der Waals surface area contributed by atoms with Gasteiger partial charge in [0.25, 0.3) is 5.91 Å². The van der Waals surface area contributed by atoms with Crippen molar-refractivity contribution in [2.24, 2.45) is 0 Å². The first kappa shape index (κ1) is 19.8. The van der Waals surface area contributed by atoms with Gasteiger partial charge in [-0.2, -0.15) is 0 Å². The maximum Gasteiger partial charge on any atom is 0.257 e. The van der Waals surface area contributed by atoms with Gasteiger partial charge in [-0.3, -0.25) is 10.1 Å². The maximum absolute atomic E-state index is 12.3. The summed E-state index contributed by atoms with van der Waals surface area (Å²) < 4.78 is 5.56. The molecule has 2 aromatic carbocycles. The monoisotopic (exact) mass is 462 g/mol. The molecule has 3 N–H and O–H groups in total. The summed E-state index contributed by atoms with van der Waals surface area (Å²) >= 11 is 20.4. The number of phenolic OH excluding ortho intramolecular Hbond substituents is 1. The molecule has 0 bridgehead atoms. The van der Waals surface area contributed by atoms with Crippen LogP contribution < -0.4 is 15.4 Å². The number of nitrogens with one attached hydrogen (secondary N) is 2. The molecule has 0 fully saturated rings. The average molecular weight is 464 g/mol. The third-order valence-electron chi connectivity index (χ3n) is 3.20. The summed E-state index contributed by atoms with van der Waals surface area (Å²) in [6.45, 7) is 1.74. The van der Waals surface area contributed by atoms with Crippen LogP contribution in [-0.2, 0) is 0 Å². The Morgan fingerprint density at radius 2 is 1.84 bits per heavy atom. The molecule has 2 aromatic rings. The second-order valence-electron chi connectivity index (χ2n) is 5.00. The molecule has 1 amide bonds. The number of aromatic hydroxyl groups is 1. The molecular weight excluding hydrogens is 451 g/mol. The van der Waals surface area contributed by atoms with Gasteiger partial charge in [0.05, 0.1) is 21.6 Å². The summed E-state index contributed by atoms with van der Waals surface area (Å²) in [5.74, 6) is -0.0356. The summed E-state index contributed by atoms with van der Waals surface area (Å²) in [7, 11) is 1.43. The second kappa shape index (κ2) is 8.23. The van der Waals surface area contributed by atoms with Crippen molar-refractivity contribution in [2.45, 2.75) is 6.92 Å². The van der Waals surface area contributed by atoms with Crippen molar-refractivity contribution in [3.8, 4) is 11.5 Å². The van der Waals surface area contributed by atoms with Gasteiger partial charge in [0.15, 0.2) is 10.9 Å². The maximum atomic E-state index is 12.3. The zero-order chi connectivity index (χ0) is 18.7. The number of methoxy groups -OCH3 is 1. The van der Waals surface area contributed by atoms with Crippen molar-refractivity contribution in [1.29, 1.82) is 0 Å². The van der Waals surface area contributed by atoms with Gasteiger partial charge in [-0.25, -0.2) is 0 Å². The van der Waals surface area contributed by atoms with Crippen LogP contribution in [0.25, 0.3) is 0 Å². The molecular formula is C16H13BrCl2N2O3S. The third kappa shape index (κ3) is 4.76. The lowest BCUT2D eigenvalue weighted by atomic mass is 10.2. The zero-order valence-corrected chi connectivity index (χ0v) is 17.0. The number of halogens is 3. The van der Waals surface area contributed by atoms with Crippen LogP contribution in [0.1, 0.15) is 15.9 Å². The first-order valence-electron chi connectivity index (χ1n) is 6.87. The van der Waals surface area contributed by atoms with Crippen molar-refractivity contribution in [1.82, 2.24) is 5.32 Å². The smallest absolute Gasteiger partial charge is 0.257 e. The molecule has 0 saturated carbocycles. The molecule has 0 radical (unpaired) electrons. The largest absolute Gasteiger partial charge is 0.506 e. The molecule has 0 spiro atoms. The number of rotatable bonds is 3. The van der Waals surface area contributed by atoms with Crippen molar-refractivity contribution in [3.63, 3.8) is 0 Å². The summed E-state index contributed by atoms with van der Waals surface area (Å²) in [6, 6.07) is 6.21. The second-order valence-corrected chi connectivity index (χ2v) is 7.08. The van der Waals surface area contributed by atoms with Crippen LogP contribution in [0, 0.1) is 6.92 Å². The Labute approximate surface area is 168 Å². The van der Waals surface area contributed by atoms with Gasteiger partial charge in [-0.1, -0.05) is 23.2 Å². The van der Waals surface area contributed by atoms with Crippen molar-refractivity contribution in [3.05, 3.63) is 49.9 Å². The molecule has 0 unspecified atom stereocenters. The SMILES string of the molecule is COc1c(Cl)cc(C(=O)NC(=S)Nc2cc(C)c(O)c(Br)c2)cc1Cl. The molecule has 0 aliphatic carbocycles. The van der Waals surface area contributed by atoms with Crippen LogP contribution in [0.15, 0.2) is 28.7 Å². The standard InChI is InChI=1S/C16H13BrCl2N2O3S/c1-7-3-9(6-10(17)13(7)22)20-16(25)21-15(23)8-4-11(18)14(24-2)12(19)5-8/h3-6,22H,1-2H3,(H2,20,21,23,25). The number of anilines is 1. The zero-order valence-electron chi connectivity index (χ0n) is 13.1. The van der Waals surface area contributed by atoms with E-state index in [0.29, 0.717) is 21.5 Å². The summed E-state index contributed by atoms with van der Waals surface area (Å²) in [5.41, 5.74) is 1.50. The first-order chi connectivity index (χ1) is 11.7.